The number of furan rings is 1. The number of anilines is 1. The lowest BCUT2D eigenvalue weighted by Gasteiger charge is -2.22. The van der Waals surface area contributed by atoms with Gasteiger partial charge in [0.25, 0.3) is 0 Å². The average molecular weight is 605 g/mol. The van der Waals surface area contributed by atoms with E-state index in [-0.39, 0.29) is 6.04 Å². The Morgan fingerprint density at radius 1 is 0.511 bits per heavy atom. The highest BCUT2D eigenvalue weighted by molar-refractivity contribution is 6.09. The van der Waals surface area contributed by atoms with Crippen LogP contribution >= 0.6 is 0 Å². The van der Waals surface area contributed by atoms with Crippen molar-refractivity contribution in [3.05, 3.63) is 163 Å². The second kappa shape index (κ2) is 11.2. The first-order valence-corrected chi connectivity index (χ1v) is 15.7. The van der Waals surface area contributed by atoms with Gasteiger partial charge in [-0.05, 0) is 40.5 Å². The molecular formula is C42H28N4O. The molecule has 3 heterocycles. The Balaban J connectivity index is 1.27. The van der Waals surface area contributed by atoms with Crippen molar-refractivity contribution < 1.29 is 4.42 Å². The molecule has 222 valence electrons. The molecule has 0 radical (unpaired) electrons. The first-order chi connectivity index (χ1) is 23.3. The molecule has 0 saturated heterocycles. The molecule has 1 aliphatic carbocycles. The molecule has 5 heteroatoms. The molecule has 5 aromatic carbocycles. The first-order valence-electron chi connectivity index (χ1n) is 15.7. The van der Waals surface area contributed by atoms with E-state index in [1.807, 2.05) is 66.7 Å². The molecule has 2 aromatic heterocycles. The number of nitrogens with zero attached hydrogens (tertiary/aromatic N) is 3. The number of hydrogen-bond acceptors (Lipinski definition) is 5. The summed E-state index contributed by atoms with van der Waals surface area (Å²) < 4.78 is 6.75. The van der Waals surface area contributed by atoms with E-state index in [1.54, 1.807) is 0 Å². The lowest BCUT2D eigenvalue weighted by atomic mass is 9.92. The number of benzene rings is 5. The van der Waals surface area contributed by atoms with Crippen LogP contribution in [0.2, 0.25) is 0 Å². The van der Waals surface area contributed by atoms with Crippen LogP contribution in [-0.2, 0) is 0 Å². The van der Waals surface area contributed by atoms with Gasteiger partial charge in [-0.25, -0.2) is 15.0 Å². The van der Waals surface area contributed by atoms with Gasteiger partial charge in [0.2, 0.25) is 5.88 Å². The highest BCUT2D eigenvalue weighted by Gasteiger charge is 2.28. The molecule has 1 aliphatic heterocycles. The van der Waals surface area contributed by atoms with Crippen molar-refractivity contribution in [3.63, 3.8) is 0 Å². The molecule has 0 amide bonds. The summed E-state index contributed by atoms with van der Waals surface area (Å²) in [6, 6.07) is 43.5. The molecule has 0 saturated carbocycles. The van der Waals surface area contributed by atoms with E-state index in [0.29, 0.717) is 17.5 Å². The first kappa shape index (κ1) is 27.0. The van der Waals surface area contributed by atoms with Crippen molar-refractivity contribution in [2.24, 2.45) is 0 Å². The average Bonchev–Trinajstić information content (AvgIpc) is 3.53. The number of aromatic nitrogens is 3. The second-order valence-corrected chi connectivity index (χ2v) is 11.7. The van der Waals surface area contributed by atoms with Crippen LogP contribution in [-0.4, -0.2) is 21.0 Å². The molecule has 0 fully saturated rings. The van der Waals surface area contributed by atoms with Crippen molar-refractivity contribution in [1.82, 2.24) is 15.0 Å². The zero-order chi connectivity index (χ0) is 31.2. The third-order valence-electron chi connectivity index (χ3n) is 8.78. The molecule has 9 rings (SSSR count). The summed E-state index contributed by atoms with van der Waals surface area (Å²) in [7, 11) is 0. The van der Waals surface area contributed by atoms with Gasteiger partial charge >= 0.3 is 0 Å². The number of hydrogen-bond donors (Lipinski definition) is 1. The molecule has 1 atom stereocenters. The van der Waals surface area contributed by atoms with Crippen LogP contribution in [0.25, 0.3) is 73.5 Å². The molecule has 7 aromatic rings. The topological polar surface area (TPSA) is 63.8 Å². The number of allylic oxidation sites excluding steroid dienone is 2. The maximum absolute atomic E-state index is 6.75. The van der Waals surface area contributed by atoms with Crippen LogP contribution in [0.3, 0.4) is 0 Å². The maximum Gasteiger partial charge on any atom is 0.202 e. The molecule has 1 unspecified atom stereocenters. The zero-order valence-corrected chi connectivity index (χ0v) is 25.3. The van der Waals surface area contributed by atoms with Gasteiger partial charge in [-0.15, -0.1) is 0 Å². The van der Waals surface area contributed by atoms with Crippen molar-refractivity contribution in [2.75, 3.05) is 5.32 Å². The maximum atomic E-state index is 6.75. The third-order valence-corrected chi connectivity index (χ3v) is 8.78. The van der Waals surface area contributed by atoms with E-state index in [9.17, 15) is 0 Å². The van der Waals surface area contributed by atoms with E-state index >= 15 is 0 Å². The summed E-state index contributed by atoms with van der Waals surface area (Å²) in [6.07, 6.45) is 10.7. The summed E-state index contributed by atoms with van der Waals surface area (Å²) in [6.45, 7) is 0. The molecule has 47 heavy (non-hydrogen) atoms. The number of fused-ring (bicyclic) bond motifs is 4. The SMILES string of the molecule is C1=CC2=Cc3c(oc4c(-c5ccc(-c6ccccc6)cc5)ccc(-c5nc(-c6ccccc6)nc(-c6ccccc6)n5)c34)NC2C=C1. The minimum absolute atomic E-state index is 0.0525. The number of rotatable bonds is 5. The highest BCUT2D eigenvalue weighted by Crippen LogP contribution is 2.45. The van der Waals surface area contributed by atoms with Crippen molar-refractivity contribution in [2.45, 2.75) is 6.04 Å². The van der Waals surface area contributed by atoms with Gasteiger partial charge in [0.05, 0.1) is 6.04 Å². The van der Waals surface area contributed by atoms with Gasteiger partial charge in [-0.1, -0.05) is 140 Å². The molecule has 0 spiro atoms. The van der Waals surface area contributed by atoms with Gasteiger partial charge in [0.15, 0.2) is 17.5 Å². The van der Waals surface area contributed by atoms with E-state index in [2.05, 4.69) is 96.4 Å². The van der Waals surface area contributed by atoms with Crippen LogP contribution in [0, 0.1) is 0 Å². The molecule has 5 nitrogen and oxygen atoms in total. The van der Waals surface area contributed by atoms with E-state index in [4.69, 9.17) is 19.4 Å². The highest BCUT2D eigenvalue weighted by atomic mass is 16.4. The largest absolute Gasteiger partial charge is 0.439 e. The fourth-order valence-electron chi connectivity index (χ4n) is 6.42. The fourth-order valence-corrected chi connectivity index (χ4v) is 6.42. The monoisotopic (exact) mass is 604 g/mol. The molecule has 2 aliphatic rings. The van der Waals surface area contributed by atoms with Gasteiger partial charge in [0, 0.05) is 33.2 Å². The minimum atomic E-state index is 0.0525. The Hall–Kier alpha value is -6.33. The Morgan fingerprint density at radius 3 is 1.72 bits per heavy atom. The lowest BCUT2D eigenvalue weighted by molar-refractivity contribution is 0.623. The predicted molar refractivity (Wildman–Crippen MR) is 190 cm³/mol. The summed E-state index contributed by atoms with van der Waals surface area (Å²) in [5, 5.41) is 4.59. The standard InChI is InChI=1S/C42H28N4O/c1-4-12-27(13-5-1)28-20-22-29(23-21-28)33-24-25-34(37-35-26-32-18-10-11-19-36(32)43-42(35)47-38(33)37)41-45-39(30-14-6-2-7-15-30)44-40(46-41)31-16-8-3-9-17-31/h1-26,36,43H. The summed E-state index contributed by atoms with van der Waals surface area (Å²) in [5.41, 5.74) is 10.1. The Bertz CT molecular complexity index is 2300. The fraction of sp³-hybridized carbons (Fsp3) is 0.0238. The molecule has 1 N–H and O–H groups in total. The summed E-state index contributed by atoms with van der Waals surface area (Å²) in [4.78, 5) is 15.1. The Kier molecular flexibility index (Phi) is 6.46. The lowest BCUT2D eigenvalue weighted by Crippen LogP contribution is -2.22. The third kappa shape index (κ3) is 4.86. The van der Waals surface area contributed by atoms with E-state index in [0.717, 1.165) is 50.2 Å². The smallest absolute Gasteiger partial charge is 0.202 e. The van der Waals surface area contributed by atoms with Crippen LogP contribution in [0.4, 0.5) is 5.88 Å². The quantitative estimate of drug-likeness (QED) is 0.212. The van der Waals surface area contributed by atoms with Gasteiger partial charge < -0.3 is 9.73 Å². The van der Waals surface area contributed by atoms with Crippen LogP contribution in [0.15, 0.2) is 162 Å². The minimum Gasteiger partial charge on any atom is -0.439 e. The Labute approximate surface area is 272 Å². The molecular weight excluding hydrogens is 576 g/mol. The van der Waals surface area contributed by atoms with Crippen molar-refractivity contribution >= 4 is 22.9 Å². The van der Waals surface area contributed by atoms with Crippen molar-refractivity contribution in [1.29, 1.82) is 0 Å². The van der Waals surface area contributed by atoms with Gasteiger partial charge in [-0.2, -0.15) is 0 Å². The van der Waals surface area contributed by atoms with Crippen molar-refractivity contribution in [3.8, 4) is 56.4 Å². The summed E-state index contributed by atoms with van der Waals surface area (Å²) >= 11 is 0. The number of nitrogens with one attached hydrogen (secondary N) is 1. The van der Waals surface area contributed by atoms with Crippen LogP contribution in [0.1, 0.15) is 5.56 Å². The van der Waals surface area contributed by atoms with Crippen LogP contribution in [0.5, 0.6) is 0 Å². The van der Waals surface area contributed by atoms with E-state index in [1.165, 1.54) is 16.7 Å². The molecule has 0 bridgehead atoms. The van der Waals surface area contributed by atoms with E-state index < -0.39 is 0 Å². The Morgan fingerprint density at radius 2 is 1.06 bits per heavy atom. The van der Waals surface area contributed by atoms with Gasteiger partial charge in [-0.3, -0.25) is 0 Å². The van der Waals surface area contributed by atoms with Crippen LogP contribution < -0.4 is 5.32 Å². The summed E-state index contributed by atoms with van der Waals surface area (Å²) in [5.74, 6) is 2.58. The normalized spacial score (nSPS) is 14.7. The second-order valence-electron chi connectivity index (χ2n) is 11.7. The zero-order valence-electron chi connectivity index (χ0n) is 25.3. The predicted octanol–water partition coefficient (Wildman–Crippen LogP) is 10.3. The van der Waals surface area contributed by atoms with Gasteiger partial charge in [0.1, 0.15) is 5.58 Å².